The van der Waals surface area contributed by atoms with Gasteiger partial charge in [0.15, 0.2) is 11.6 Å². The Bertz CT molecular complexity index is 583. The lowest BCUT2D eigenvalue weighted by Crippen LogP contribution is -2.32. The van der Waals surface area contributed by atoms with E-state index in [0.29, 0.717) is 30.9 Å². The first-order valence-electron chi connectivity index (χ1n) is 9.36. The number of rotatable bonds is 4. The summed E-state index contributed by atoms with van der Waals surface area (Å²) in [4.78, 5) is 0. The van der Waals surface area contributed by atoms with Crippen LogP contribution in [0.25, 0.3) is 0 Å². The third-order valence-electron chi connectivity index (χ3n) is 6.02. The molecule has 1 aromatic rings. The summed E-state index contributed by atoms with van der Waals surface area (Å²) in [7, 11) is 0. The summed E-state index contributed by atoms with van der Waals surface area (Å²) in [5.74, 6) is -0.267. The van der Waals surface area contributed by atoms with Crippen LogP contribution in [0.1, 0.15) is 66.7 Å². The quantitative estimate of drug-likeness (QED) is 0.529. The van der Waals surface area contributed by atoms with Gasteiger partial charge in [-0.25, -0.2) is 8.78 Å². The van der Waals surface area contributed by atoms with E-state index in [2.05, 4.69) is 6.92 Å². The number of halogens is 4. The standard InChI is InChI=1S/C20H26F4O.2H2/c1-13-2-4-14(5-3-13)15-6-9-17(10-7-15)25-20(23,24)16-8-11-18(21)19(22)12-16;;/h8,11-15,17H,2-7,9-10H2,1H3;2*1H. The Balaban J connectivity index is 0.00000182. The molecular formula is C20H30F4O. The fourth-order valence-electron chi connectivity index (χ4n) is 4.39. The maximum absolute atomic E-state index is 14.2. The van der Waals surface area contributed by atoms with Crippen molar-refractivity contribution in [3.05, 3.63) is 35.4 Å². The van der Waals surface area contributed by atoms with Crippen LogP contribution in [0.3, 0.4) is 0 Å². The topological polar surface area (TPSA) is 9.23 Å². The van der Waals surface area contributed by atoms with E-state index in [9.17, 15) is 17.6 Å². The number of benzene rings is 1. The van der Waals surface area contributed by atoms with E-state index >= 15 is 0 Å². The Morgan fingerprint density at radius 3 is 2.00 bits per heavy atom. The molecule has 1 nitrogen and oxygen atoms in total. The largest absolute Gasteiger partial charge is 0.383 e. The Morgan fingerprint density at radius 2 is 1.44 bits per heavy atom. The minimum atomic E-state index is -3.59. The molecule has 2 aliphatic rings. The molecule has 0 saturated heterocycles. The highest BCUT2D eigenvalue weighted by Crippen LogP contribution is 2.42. The zero-order valence-electron chi connectivity index (χ0n) is 14.6. The molecule has 3 rings (SSSR count). The van der Waals surface area contributed by atoms with Gasteiger partial charge in [-0.3, -0.25) is 0 Å². The van der Waals surface area contributed by atoms with Gasteiger partial charge in [-0.05, 0) is 74.5 Å². The highest BCUT2D eigenvalue weighted by atomic mass is 19.3. The first-order valence-corrected chi connectivity index (χ1v) is 9.36. The Kier molecular flexibility index (Phi) is 5.71. The molecule has 2 aliphatic carbocycles. The number of hydrogen-bond acceptors (Lipinski definition) is 1. The first kappa shape index (κ1) is 18.7. The van der Waals surface area contributed by atoms with Gasteiger partial charge in [-0.2, -0.15) is 8.78 Å². The van der Waals surface area contributed by atoms with Gasteiger partial charge in [0.2, 0.25) is 0 Å². The fourth-order valence-corrected chi connectivity index (χ4v) is 4.39. The summed E-state index contributed by atoms with van der Waals surface area (Å²) in [6.45, 7) is 2.29. The molecule has 2 saturated carbocycles. The lowest BCUT2D eigenvalue weighted by Gasteiger charge is -2.37. The van der Waals surface area contributed by atoms with Crippen molar-refractivity contribution < 1.29 is 25.2 Å². The number of ether oxygens (including phenoxy) is 1. The van der Waals surface area contributed by atoms with Crippen molar-refractivity contribution in [2.24, 2.45) is 17.8 Å². The molecule has 0 unspecified atom stereocenters. The van der Waals surface area contributed by atoms with Crippen LogP contribution in [0.4, 0.5) is 17.6 Å². The average molecular weight is 362 g/mol. The van der Waals surface area contributed by atoms with Crippen molar-refractivity contribution in [3.8, 4) is 0 Å². The van der Waals surface area contributed by atoms with E-state index in [1.54, 1.807) is 0 Å². The zero-order valence-corrected chi connectivity index (χ0v) is 14.6. The van der Waals surface area contributed by atoms with Crippen molar-refractivity contribution in [2.45, 2.75) is 70.5 Å². The van der Waals surface area contributed by atoms with E-state index in [1.807, 2.05) is 0 Å². The van der Waals surface area contributed by atoms with E-state index in [4.69, 9.17) is 4.74 Å². The second-order valence-electron chi connectivity index (χ2n) is 7.82. The molecule has 2 fully saturated rings. The van der Waals surface area contributed by atoms with Gasteiger partial charge in [-0.1, -0.05) is 19.8 Å². The molecular weight excluding hydrogens is 332 g/mol. The molecule has 25 heavy (non-hydrogen) atoms. The molecule has 0 atom stereocenters. The van der Waals surface area contributed by atoms with E-state index in [0.717, 1.165) is 30.7 Å². The summed E-state index contributed by atoms with van der Waals surface area (Å²) < 4.78 is 59.6. The minimum absolute atomic E-state index is 0. The number of hydrogen-bond donors (Lipinski definition) is 0. The van der Waals surface area contributed by atoms with Crippen molar-refractivity contribution in [1.29, 1.82) is 0 Å². The Labute approximate surface area is 149 Å². The van der Waals surface area contributed by atoms with Crippen LogP contribution in [0.2, 0.25) is 0 Å². The molecule has 0 bridgehead atoms. The third-order valence-corrected chi connectivity index (χ3v) is 6.02. The smallest absolute Gasteiger partial charge is 0.313 e. The van der Waals surface area contributed by atoms with E-state index < -0.39 is 29.4 Å². The summed E-state index contributed by atoms with van der Waals surface area (Å²) in [5.41, 5.74) is -0.630. The predicted molar refractivity (Wildman–Crippen MR) is 92.4 cm³/mol. The van der Waals surface area contributed by atoms with Crippen LogP contribution in [-0.4, -0.2) is 6.10 Å². The monoisotopic (exact) mass is 362 g/mol. The molecule has 0 radical (unpaired) electrons. The maximum atomic E-state index is 14.2. The van der Waals surface area contributed by atoms with Crippen LogP contribution in [0.15, 0.2) is 18.2 Å². The van der Waals surface area contributed by atoms with Gasteiger partial charge in [0.25, 0.3) is 0 Å². The van der Waals surface area contributed by atoms with Crippen LogP contribution >= 0.6 is 0 Å². The number of alkyl halides is 2. The van der Waals surface area contributed by atoms with Crippen molar-refractivity contribution >= 4 is 0 Å². The Hall–Kier alpha value is -1.10. The van der Waals surface area contributed by atoms with Crippen molar-refractivity contribution in [3.63, 3.8) is 0 Å². The highest BCUT2D eigenvalue weighted by molar-refractivity contribution is 5.20. The lowest BCUT2D eigenvalue weighted by atomic mass is 9.71. The molecule has 0 spiro atoms. The SMILES string of the molecule is CC1CCC(C2CCC(OC(F)(F)c3ccc(F)c(F)c3)CC2)CC1.[HH].[HH]. The average Bonchev–Trinajstić information content (AvgIpc) is 2.58. The maximum Gasteiger partial charge on any atom is 0.383 e. The van der Waals surface area contributed by atoms with Crippen molar-refractivity contribution in [1.82, 2.24) is 0 Å². The molecule has 0 N–H and O–H groups in total. The van der Waals surface area contributed by atoms with Gasteiger partial charge < -0.3 is 4.74 Å². The molecule has 0 heterocycles. The third kappa shape index (κ3) is 4.55. The molecule has 5 heteroatoms. The van der Waals surface area contributed by atoms with E-state index in [-0.39, 0.29) is 2.85 Å². The van der Waals surface area contributed by atoms with Crippen LogP contribution < -0.4 is 0 Å². The van der Waals surface area contributed by atoms with Crippen molar-refractivity contribution in [2.75, 3.05) is 0 Å². The molecule has 1 aromatic carbocycles. The van der Waals surface area contributed by atoms with Crippen LogP contribution in [0.5, 0.6) is 0 Å². The van der Waals surface area contributed by atoms with Gasteiger partial charge in [-0.15, -0.1) is 0 Å². The fraction of sp³-hybridized carbons (Fsp3) is 0.700. The van der Waals surface area contributed by atoms with Crippen LogP contribution in [-0.2, 0) is 10.8 Å². The van der Waals surface area contributed by atoms with E-state index in [1.165, 1.54) is 25.7 Å². The van der Waals surface area contributed by atoms with Crippen LogP contribution in [0, 0.1) is 29.4 Å². The summed E-state index contributed by atoms with van der Waals surface area (Å²) in [6, 6.07) is 2.11. The van der Waals surface area contributed by atoms with Gasteiger partial charge in [0, 0.05) is 2.85 Å². The van der Waals surface area contributed by atoms with Gasteiger partial charge in [0.1, 0.15) is 0 Å². The predicted octanol–water partition coefficient (Wildman–Crippen LogP) is 6.91. The molecule has 0 amide bonds. The Morgan fingerprint density at radius 1 is 0.880 bits per heavy atom. The lowest BCUT2D eigenvalue weighted by molar-refractivity contribution is -0.278. The molecule has 0 aromatic heterocycles. The first-order chi connectivity index (χ1) is 11.8. The minimum Gasteiger partial charge on any atom is -0.313 e. The highest BCUT2D eigenvalue weighted by Gasteiger charge is 2.39. The second kappa shape index (κ2) is 7.65. The molecule has 144 valence electrons. The molecule has 0 aliphatic heterocycles. The normalized spacial score (nSPS) is 31.1. The van der Waals surface area contributed by atoms with Gasteiger partial charge >= 0.3 is 6.11 Å². The zero-order chi connectivity index (χ0) is 18.0. The van der Waals surface area contributed by atoms with Gasteiger partial charge in [0.05, 0.1) is 11.7 Å². The summed E-state index contributed by atoms with van der Waals surface area (Å²) in [5, 5.41) is 0. The second-order valence-corrected chi connectivity index (χ2v) is 7.82. The summed E-state index contributed by atoms with van der Waals surface area (Å²) >= 11 is 0. The summed E-state index contributed by atoms with van der Waals surface area (Å²) in [6.07, 6.45) is 3.98.